The van der Waals surface area contributed by atoms with Gasteiger partial charge < -0.3 is 15.4 Å². The Morgan fingerprint density at radius 1 is 1.40 bits per heavy atom. The van der Waals surface area contributed by atoms with Crippen LogP contribution in [0, 0.1) is 5.92 Å². The second kappa shape index (κ2) is 5.99. The lowest BCUT2D eigenvalue weighted by atomic mass is 10.2. The lowest BCUT2D eigenvalue weighted by molar-refractivity contribution is -0.154. The maximum absolute atomic E-state index is 13.7. The minimum Gasteiger partial charge on any atom is -0.468 e. The fourth-order valence-electron chi connectivity index (χ4n) is 3.34. The maximum atomic E-state index is 13.7. The van der Waals surface area contributed by atoms with E-state index in [1.807, 2.05) is 0 Å². The third-order valence-corrected chi connectivity index (χ3v) is 4.58. The number of fused-ring (bicyclic) bond motifs is 1. The highest BCUT2D eigenvalue weighted by Crippen LogP contribution is 2.67. The summed E-state index contributed by atoms with van der Waals surface area (Å²) in [6.45, 7) is -1.53. The first-order valence-electron chi connectivity index (χ1n) is 7.72. The van der Waals surface area contributed by atoms with Crippen LogP contribution in [0.5, 0.6) is 5.88 Å². The zero-order valence-electron chi connectivity index (χ0n) is 13.0. The lowest BCUT2D eigenvalue weighted by Gasteiger charge is -2.17. The van der Waals surface area contributed by atoms with Gasteiger partial charge in [-0.2, -0.15) is 13.2 Å². The van der Waals surface area contributed by atoms with Gasteiger partial charge in [0.25, 0.3) is 5.92 Å². The van der Waals surface area contributed by atoms with E-state index >= 15 is 0 Å². The molecule has 2 N–H and O–H groups in total. The molecule has 2 saturated carbocycles. The van der Waals surface area contributed by atoms with Crippen molar-refractivity contribution in [3.63, 3.8) is 0 Å². The summed E-state index contributed by atoms with van der Waals surface area (Å²) < 4.78 is 68.2. The molecule has 2 unspecified atom stereocenters. The number of carbonyl (C=O) groups is 1. The topological polar surface area (TPSA) is 63.2 Å². The molecule has 5 nitrogen and oxygen atoms in total. The fourth-order valence-corrected chi connectivity index (χ4v) is 3.34. The molecule has 1 aromatic rings. The molecule has 2 fully saturated rings. The highest BCUT2D eigenvalue weighted by Gasteiger charge is 2.82. The highest BCUT2D eigenvalue weighted by atomic mass is 19.4. The first kappa shape index (κ1) is 17.7. The van der Waals surface area contributed by atoms with Crippen LogP contribution in [0.3, 0.4) is 0 Å². The van der Waals surface area contributed by atoms with Crippen LogP contribution in [0.4, 0.5) is 26.7 Å². The number of alkyl halides is 5. The van der Waals surface area contributed by atoms with E-state index in [0.717, 1.165) is 0 Å². The third kappa shape index (κ3) is 3.47. The Balaban J connectivity index is 1.51. The first-order chi connectivity index (χ1) is 11.6. The lowest BCUT2D eigenvalue weighted by Crippen LogP contribution is -2.46. The summed E-state index contributed by atoms with van der Waals surface area (Å²) in [5, 5.41) is 4.78. The molecule has 1 aromatic heterocycles. The second-order valence-electron chi connectivity index (χ2n) is 6.25. The van der Waals surface area contributed by atoms with Crippen LogP contribution >= 0.6 is 0 Å². The quantitative estimate of drug-likeness (QED) is 0.789. The van der Waals surface area contributed by atoms with Crippen molar-refractivity contribution in [3.8, 4) is 5.88 Å². The van der Waals surface area contributed by atoms with Crippen molar-refractivity contribution in [2.24, 2.45) is 5.92 Å². The Morgan fingerprint density at radius 2 is 2.16 bits per heavy atom. The number of aromatic nitrogens is 1. The zero-order chi connectivity index (χ0) is 18.3. The molecule has 25 heavy (non-hydrogen) atoms. The van der Waals surface area contributed by atoms with Gasteiger partial charge in [-0.3, -0.25) is 0 Å². The average molecular weight is 365 g/mol. The van der Waals surface area contributed by atoms with E-state index in [-0.39, 0.29) is 18.8 Å². The number of hydrogen-bond donors (Lipinski definition) is 2. The van der Waals surface area contributed by atoms with Crippen molar-refractivity contribution < 1.29 is 31.5 Å². The van der Waals surface area contributed by atoms with Crippen LogP contribution in [0.2, 0.25) is 0 Å². The predicted octanol–water partition coefficient (Wildman–Crippen LogP) is 3.01. The standard InChI is InChI=1S/C15H16F5N3O2/c16-14(17,18)8-25-11-6-9(3-5-21-11)7-22-12(24)23-13-4-1-2-10(13)15(13,19)20/h3,5-6,10H,1-2,4,7-8H2,(H2,22,23,24). The zero-order valence-corrected chi connectivity index (χ0v) is 13.0. The van der Waals surface area contributed by atoms with Gasteiger partial charge in [-0.15, -0.1) is 0 Å². The number of carbonyl (C=O) groups excluding carboxylic acids is 1. The number of pyridine rings is 1. The van der Waals surface area contributed by atoms with E-state index in [4.69, 9.17) is 0 Å². The SMILES string of the molecule is O=C(NCc1ccnc(OCC(F)(F)F)c1)NC12CCCC1C2(F)F. The molecule has 0 aromatic carbocycles. The summed E-state index contributed by atoms with van der Waals surface area (Å²) in [7, 11) is 0. The number of rotatable bonds is 5. The molecule has 1 heterocycles. The van der Waals surface area contributed by atoms with Crippen LogP contribution < -0.4 is 15.4 Å². The van der Waals surface area contributed by atoms with Crippen LogP contribution in [0.15, 0.2) is 18.3 Å². The second-order valence-corrected chi connectivity index (χ2v) is 6.25. The van der Waals surface area contributed by atoms with E-state index in [0.29, 0.717) is 18.4 Å². The summed E-state index contributed by atoms with van der Waals surface area (Å²) in [5.41, 5.74) is -1.01. The number of halogens is 5. The number of hydrogen-bond acceptors (Lipinski definition) is 3. The number of urea groups is 1. The number of ether oxygens (including phenoxy) is 1. The van der Waals surface area contributed by atoms with E-state index in [1.54, 1.807) is 0 Å². The van der Waals surface area contributed by atoms with Gasteiger partial charge in [-0.05, 0) is 24.5 Å². The van der Waals surface area contributed by atoms with E-state index < -0.39 is 36.2 Å². The average Bonchev–Trinajstić information content (AvgIpc) is 2.87. The summed E-state index contributed by atoms with van der Waals surface area (Å²) in [4.78, 5) is 15.5. The molecule has 0 radical (unpaired) electrons. The number of nitrogens with one attached hydrogen (secondary N) is 2. The number of amides is 2. The molecule has 0 aliphatic heterocycles. The predicted molar refractivity (Wildman–Crippen MR) is 76.2 cm³/mol. The van der Waals surface area contributed by atoms with Gasteiger partial charge in [-0.1, -0.05) is 6.42 Å². The Kier molecular flexibility index (Phi) is 4.24. The smallest absolute Gasteiger partial charge is 0.422 e. The molecule has 0 spiro atoms. The van der Waals surface area contributed by atoms with Crippen molar-refractivity contribution in [2.75, 3.05) is 6.61 Å². The molecular formula is C15H16F5N3O2. The first-order valence-corrected chi connectivity index (χ1v) is 7.72. The molecular weight excluding hydrogens is 349 g/mol. The molecule has 10 heteroatoms. The molecule has 3 rings (SSSR count). The Labute approximate surface area is 139 Å². The summed E-state index contributed by atoms with van der Waals surface area (Å²) in [6, 6.07) is 1.98. The summed E-state index contributed by atoms with van der Waals surface area (Å²) >= 11 is 0. The molecule has 2 aliphatic carbocycles. The summed E-state index contributed by atoms with van der Waals surface area (Å²) in [6.07, 6.45) is -1.98. The molecule has 2 atom stereocenters. The van der Waals surface area contributed by atoms with Gasteiger partial charge in [-0.25, -0.2) is 18.6 Å². The van der Waals surface area contributed by atoms with Crippen LogP contribution in [0.25, 0.3) is 0 Å². The van der Waals surface area contributed by atoms with Gasteiger partial charge in [0, 0.05) is 18.8 Å². The van der Waals surface area contributed by atoms with Gasteiger partial charge in [0.1, 0.15) is 5.54 Å². The van der Waals surface area contributed by atoms with Gasteiger partial charge in [0.05, 0.1) is 5.92 Å². The highest BCUT2D eigenvalue weighted by molar-refractivity contribution is 5.76. The molecule has 2 amide bonds. The van der Waals surface area contributed by atoms with Crippen LogP contribution in [0.1, 0.15) is 24.8 Å². The third-order valence-electron chi connectivity index (χ3n) is 4.58. The van der Waals surface area contributed by atoms with E-state index in [9.17, 15) is 26.7 Å². The molecule has 0 saturated heterocycles. The van der Waals surface area contributed by atoms with Crippen LogP contribution in [-0.2, 0) is 6.54 Å². The molecule has 138 valence electrons. The minimum absolute atomic E-state index is 0.0525. The Bertz CT molecular complexity index is 667. The number of nitrogens with zero attached hydrogens (tertiary/aromatic N) is 1. The summed E-state index contributed by atoms with van der Waals surface area (Å²) in [5.74, 6) is -3.92. The Morgan fingerprint density at radius 3 is 2.80 bits per heavy atom. The normalized spacial score (nSPS) is 26.7. The molecule has 2 aliphatic rings. The molecule has 0 bridgehead atoms. The van der Waals surface area contributed by atoms with E-state index in [2.05, 4.69) is 20.4 Å². The monoisotopic (exact) mass is 365 g/mol. The van der Waals surface area contributed by atoms with Gasteiger partial charge in [0.15, 0.2) is 6.61 Å². The minimum atomic E-state index is -4.48. The van der Waals surface area contributed by atoms with Crippen molar-refractivity contribution in [2.45, 2.75) is 43.4 Å². The van der Waals surface area contributed by atoms with Crippen molar-refractivity contribution in [1.82, 2.24) is 15.6 Å². The van der Waals surface area contributed by atoms with Crippen LogP contribution in [-0.4, -0.2) is 35.3 Å². The maximum Gasteiger partial charge on any atom is 0.422 e. The van der Waals surface area contributed by atoms with E-state index in [1.165, 1.54) is 18.3 Å². The van der Waals surface area contributed by atoms with Gasteiger partial charge >= 0.3 is 12.2 Å². The van der Waals surface area contributed by atoms with Crippen molar-refractivity contribution in [3.05, 3.63) is 23.9 Å². The Hall–Kier alpha value is -2.13. The largest absolute Gasteiger partial charge is 0.468 e. The van der Waals surface area contributed by atoms with Gasteiger partial charge in [0.2, 0.25) is 5.88 Å². The van der Waals surface area contributed by atoms with Crippen molar-refractivity contribution in [1.29, 1.82) is 0 Å². The fraction of sp³-hybridized carbons (Fsp3) is 0.600. The van der Waals surface area contributed by atoms with Crippen molar-refractivity contribution >= 4 is 6.03 Å².